The summed E-state index contributed by atoms with van der Waals surface area (Å²) < 4.78 is 36.1. The fraction of sp³-hybridized carbons (Fsp3) is 0.516. The molecule has 1 fully saturated rings. The van der Waals surface area contributed by atoms with Crippen molar-refractivity contribution in [1.29, 1.82) is 0 Å². The molecule has 1 unspecified atom stereocenters. The lowest BCUT2D eigenvalue weighted by molar-refractivity contribution is -0.0613. The van der Waals surface area contributed by atoms with Crippen LogP contribution in [0, 0.1) is 11.2 Å². The lowest BCUT2D eigenvalue weighted by atomic mass is 9.84. The number of urea groups is 1. The van der Waals surface area contributed by atoms with E-state index in [-0.39, 0.29) is 42.6 Å². The van der Waals surface area contributed by atoms with Crippen LogP contribution >= 0.6 is 11.6 Å². The third-order valence-corrected chi connectivity index (χ3v) is 7.53. The summed E-state index contributed by atoms with van der Waals surface area (Å²) in [7, 11) is 0. The smallest absolute Gasteiger partial charge is 0.320 e. The van der Waals surface area contributed by atoms with Crippen LogP contribution in [0.2, 0.25) is 5.02 Å². The van der Waals surface area contributed by atoms with Gasteiger partial charge >= 0.3 is 6.03 Å². The number of benzene rings is 2. The van der Waals surface area contributed by atoms with E-state index < -0.39 is 30.0 Å². The van der Waals surface area contributed by atoms with Gasteiger partial charge in [0.25, 0.3) is 0 Å². The average molecular weight is 603 g/mol. The highest BCUT2D eigenvalue weighted by Crippen LogP contribution is 2.40. The summed E-state index contributed by atoms with van der Waals surface area (Å²) in [5.74, 6) is 0.141. The Kier molecular flexibility index (Phi) is 10.2. The zero-order chi connectivity index (χ0) is 30.6. The largest absolute Gasteiger partial charge is 0.372 e. The van der Waals surface area contributed by atoms with Crippen molar-refractivity contribution in [3.8, 4) is 11.4 Å². The zero-order valence-corrected chi connectivity index (χ0v) is 25.7. The van der Waals surface area contributed by atoms with Crippen LogP contribution in [0.1, 0.15) is 58.5 Å². The zero-order valence-electron chi connectivity index (χ0n) is 24.9. The van der Waals surface area contributed by atoms with Crippen LogP contribution in [0.4, 0.5) is 13.6 Å². The lowest BCUT2D eigenvalue weighted by Gasteiger charge is -2.44. The number of halogens is 3. The third-order valence-electron chi connectivity index (χ3n) is 7.30. The fourth-order valence-corrected chi connectivity index (χ4v) is 5.61. The van der Waals surface area contributed by atoms with Crippen molar-refractivity contribution in [1.82, 2.24) is 24.6 Å². The number of hydrogen-bond acceptors (Lipinski definition) is 5. The maximum absolute atomic E-state index is 15.0. The number of hydrogen-bond donors (Lipinski definition) is 1. The van der Waals surface area contributed by atoms with E-state index in [0.717, 1.165) is 5.56 Å². The molecule has 8 nitrogen and oxygen atoms in total. The summed E-state index contributed by atoms with van der Waals surface area (Å²) in [5.41, 5.74) is 6.57. The van der Waals surface area contributed by atoms with Gasteiger partial charge in [-0.05, 0) is 49.4 Å². The molecule has 1 saturated heterocycles. The first-order valence-corrected chi connectivity index (χ1v) is 14.7. The van der Waals surface area contributed by atoms with Gasteiger partial charge in [0.1, 0.15) is 12.5 Å². The first kappa shape index (κ1) is 31.8. The van der Waals surface area contributed by atoms with E-state index in [1.807, 2.05) is 65.0 Å². The van der Waals surface area contributed by atoms with Crippen LogP contribution in [0.5, 0.6) is 0 Å². The minimum atomic E-state index is -0.721. The number of amides is 2. The highest BCUT2D eigenvalue weighted by molar-refractivity contribution is 6.30. The fourth-order valence-electron chi connectivity index (χ4n) is 5.44. The van der Waals surface area contributed by atoms with Crippen molar-refractivity contribution < 1.29 is 18.3 Å². The van der Waals surface area contributed by atoms with Crippen molar-refractivity contribution in [3.63, 3.8) is 0 Å². The predicted molar refractivity (Wildman–Crippen MR) is 160 cm³/mol. The molecule has 0 aliphatic carbocycles. The van der Waals surface area contributed by atoms with Crippen LogP contribution in [-0.2, 0) is 11.3 Å². The molecule has 1 aliphatic rings. The molecular formula is C31H41ClF2N6O2. The van der Waals surface area contributed by atoms with Gasteiger partial charge in [-0.15, -0.1) is 0 Å². The first-order chi connectivity index (χ1) is 19.9. The number of ether oxygens (including phenoxy) is 1. The standard InChI is InChI=1S/C31H41ClF2N6O2/c1-20-17-38(18-21(2)42-20)30(41)39(14-13-24(35)16-33)27(31(3,4)5)29-36-28(25-15-23(32)11-12-26(25)34)37-40(29)19-22-9-7-6-8-10-22/h6-12,15,20-21,24,27H,13-14,16-19,35H2,1-5H3/t20-,21+,24?,27-/m0/s1. The Morgan fingerprint density at radius 1 is 1.17 bits per heavy atom. The van der Waals surface area contributed by atoms with Gasteiger partial charge < -0.3 is 20.3 Å². The summed E-state index contributed by atoms with van der Waals surface area (Å²) in [5, 5.41) is 5.11. The summed E-state index contributed by atoms with van der Waals surface area (Å²) >= 11 is 6.22. The molecule has 228 valence electrons. The van der Waals surface area contributed by atoms with Gasteiger partial charge in [-0.2, -0.15) is 5.10 Å². The maximum atomic E-state index is 15.0. The molecule has 0 radical (unpaired) electrons. The van der Waals surface area contributed by atoms with Crippen molar-refractivity contribution in [2.75, 3.05) is 26.3 Å². The number of nitrogens with two attached hydrogens (primary N) is 1. The van der Waals surface area contributed by atoms with Gasteiger partial charge in [0.05, 0.1) is 30.4 Å². The van der Waals surface area contributed by atoms with E-state index in [1.54, 1.807) is 14.5 Å². The molecule has 11 heteroatoms. The van der Waals surface area contributed by atoms with E-state index >= 15 is 4.39 Å². The van der Waals surface area contributed by atoms with Crippen LogP contribution in [0.3, 0.4) is 0 Å². The van der Waals surface area contributed by atoms with Crippen molar-refractivity contribution in [3.05, 3.63) is 70.8 Å². The predicted octanol–water partition coefficient (Wildman–Crippen LogP) is 6.09. The molecule has 4 atom stereocenters. The molecule has 2 aromatic carbocycles. The Hall–Kier alpha value is -3.08. The number of carbonyl (C=O) groups excluding carboxylic acids is 1. The minimum Gasteiger partial charge on any atom is -0.372 e. The summed E-state index contributed by atoms with van der Waals surface area (Å²) in [4.78, 5) is 22.7. The Balaban J connectivity index is 1.86. The number of rotatable bonds is 9. The first-order valence-electron chi connectivity index (χ1n) is 14.3. The second kappa shape index (κ2) is 13.5. The summed E-state index contributed by atoms with van der Waals surface area (Å²) in [6.07, 6.45) is -0.0212. The van der Waals surface area contributed by atoms with Gasteiger partial charge in [-0.3, -0.25) is 0 Å². The van der Waals surface area contributed by atoms with Crippen molar-refractivity contribution in [2.24, 2.45) is 11.1 Å². The maximum Gasteiger partial charge on any atom is 0.320 e. The van der Waals surface area contributed by atoms with Gasteiger partial charge in [0.15, 0.2) is 11.6 Å². The van der Waals surface area contributed by atoms with Crippen molar-refractivity contribution >= 4 is 17.6 Å². The second-order valence-corrected chi connectivity index (χ2v) is 12.6. The number of carbonyl (C=O) groups is 1. The van der Waals surface area contributed by atoms with Gasteiger partial charge in [0.2, 0.25) is 0 Å². The van der Waals surface area contributed by atoms with E-state index in [9.17, 15) is 9.18 Å². The highest BCUT2D eigenvalue weighted by Gasteiger charge is 2.41. The molecule has 2 N–H and O–H groups in total. The van der Waals surface area contributed by atoms with Crippen LogP contribution in [0.15, 0.2) is 48.5 Å². The topological polar surface area (TPSA) is 89.5 Å². The van der Waals surface area contributed by atoms with Crippen molar-refractivity contribution in [2.45, 2.75) is 71.9 Å². The van der Waals surface area contributed by atoms with Crippen LogP contribution < -0.4 is 5.73 Å². The SMILES string of the molecule is C[C@@H]1CN(C(=O)N(CCC(N)CF)[C@@H](c2nc(-c3cc(Cl)ccc3F)nn2Cc2ccccc2)C(C)(C)C)C[C@H](C)O1. The van der Waals surface area contributed by atoms with Crippen LogP contribution in [0.25, 0.3) is 11.4 Å². The molecule has 0 bridgehead atoms. The van der Waals surface area contributed by atoms with Gasteiger partial charge in [-0.1, -0.05) is 62.7 Å². The molecular weight excluding hydrogens is 562 g/mol. The molecule has 0 spiro atoms. The summed E-state index contributed by atoms with van der Waals surface area (Å²) in [6.45, 7) is 10.6. The lowest BCUT2D eigenvalue weighted by Crippen LogP contribution is -2.55. The van der Waals surface area contributed by atoms with E-state index in [2.05, 4.69) is 0 Å². The Morgan fingerprint density at radius 2 is 1.83 bits per heavy atom. The Labute approximate surface area is 251 Å². The molecule has 4 rings (SSSR count). The Morgan fingerprint density at radius 3 is 2.45 bits per heavy atom. The third kappa shape index (κ3) is 7.65. The molecule has 2 amide bonds. The molecule has 1 aliphatic heterocycles. The molecule has 2 heterocycles. The second-order valence-electron chi connectivity index (χ2n) is 12.2. The summed E-state index contributed by atoms with van der Waals surface area (Å²) in [6, 6.07) is 12.4. The van der Waals surface area contributed by atoms with Gasteiger partial charge in [-0.25, -0.2) is 23.2 Å². The highest BCUT2D eigenvalue weighted by atomic mass is 35.5. The average Bonchev–Trinajstić information content (AvgIpc) is 3.33. The monoisotopic (exact) mass is 602 g/mol. The number of morpholine rings is 1. The van der Waals surface area contributed by atoms with E-state index in [4.69, 9.17) is 32.2 Å². The minimum absolute atomic E-state index is 0.139. The van der Waals surface area contributed by atoms with Gasteiger partial charge in [0, 0.05) is 30.7 Å². The molecule has 3 aromatic rings. The van der Waals surface area contributed by atoms with E-state index in [1.165, 1.54) is 18.2 Å². The molecule has 42 heavy (non-hydrogen) atoms. The number of nitrogens with zero attached hydrogens (tertiary/aromatic N) is 5. The Bertz CT molecular complexity index is 1340. The number of aromatic nitrogens is 3. The normalized spacial score (nSPS) is 19.0. The molecule has 1 aromatic heterocycles. The van der Waals surface area contributed by atoms with Crippen LogP contribution in [-0.4, -0.2) is 75.2 Å². The number of alkyl halides is 1. The quantitative estimate of drug-likeness (QED) is 0.320. The van der Waals surface area contributed by atoms with E-state index in [0.29, 0.717) is 30.5 Å². The molecule has 0 saturated carbocycles.